The summed E-state index contributed by atoms with van der Waals surface area (Å²) in [5, 5.41) is 2.93. The lowest BCUT2D eigenvalue weighted by Gasteiger charge is -2.10. The average Bonchev–Trinajstić information content (AvgIpc) is 2.28. The summed E-state index contributed by atoms with van der Waals surface area (Å²) < 4.78 is 38.1. The summed E-state index contributed by atoms with van der Waals surface area (Å²) in [6.07, 6.45) is 0.463. The molecule has 1 unspecified atom stereocenters. The van der Waals surface area contributed by atoms with Crippen LogP contribution < -0.4 is 5.32 Å². The molecule has 0 radical (unpaired) electrons. The second kappa shape index (κ2) is 7.06. The Labute approximate surface area is 94.0 Å². The highest BCUT2D eigenvalue weighted by atomic mass is 19.2. The third kappa shape index (κ3) is 4.06. The lowest BCUT2D eigenvalue weighted by Crippen LogP contribution is -2.23. The highest BCUT2D eigenvalue weighted by Crippen LogP contribution is 2.14. The van der Waals surface area contributed by atoms with Crippen molar-refractivity contribution in [2.45, 2.75) is 19.4 Å². The van der Waals surface area contributed by atoms with E-state index in [2.05, 4.69) is 18.5 Å². The van der Waals surface area contributed by atoms with Crippen molar-refractivity contribution in [3.63, 3.8) is 0 Å². The number of hydrogen-bond donors (Lipinski definition) is 1. The van der Waals surface area contributed by atoms with Crippen LogP contribution in [0.4, 0.5) is 13.2 Å². The lowest BCUT2D eigenvalue weighted by molar-refractivity contribution is 0.444. The van der Waals surface area contributed by atoms with E-state index in [0.29, 0.717) is 12.0 Å². The van der Waals surface area contributed by atoms with Gasteiger partial charge >= 0.3 is 0 Å². The fourth-order valence-corrected chi connectivity index (χ4v) is 1.18. The molecule has 1 N–H and O–H groups in total. The molecule has 0 heterocycles. The summed E-state index contributed by atoms with van der Waals surface area (Å²) in [7, 11) is 1.75. The first kappa shape index (κ1) is 14.7. The van der Waals surface area contributed by atoms with Gasteiger partial charge in [0.1, 0.15) is 0 Å². The molecular weight excluding hydrogens is 215 g/mol. The van der Waals surface area contributed by atoms with Gasteiger partial charge in [0.25, 0.3) is 0 Å². The van der Waals surface area contributed by atoms with Crippen molar-refractivity contribution in [2.24, 2.45) is 0 Å². The van der Waals surface area contributed by atoms with Crippen molar-refractivity contribution >= 4 is 0 Å². The number of rotatable bonds is 3. The molecule has 0 amide bonds. The molecule has 4 heteroatoms. The normalized spacial score (nSPS) is 11.6. The minimum Gasteiger partial charge on any atom is -0.317 e. The molecule has 0 spiro atoms. The zero-order valence-corrected chi connectivity index (χ0v) is 9.49. The van der Waals surface area contributed by atoms with Crippen molar-refractivity contribution < 1.29 is 13.2 Å². The molecule has 0 aromatic heterocycles. The molecule has 0 aliphatic rings. The van der Waals surface area contributed by atoms with Crippen LogP contribution in [-0.4, -0.2) is 13.1 Å². The quantitative estimate of drug-likeness (QED) is 0.622. The third-order valence-corrected chi connectivity index (χ3v) is 2.08. The van der Waals surface area contributed by atoms with E-state index in [0.717, 1.165) is 12.1 Å². The van der Waals surface area contributed by atoms with E-state index >= 15 is 0 Å². The number of hydrogen-bond acceptors (Lipinski definition) is 1. The summed E-state index contributed by atoms with van der Waals surface area (Å²) in [5.74, 6) is -3.68. The van der Waals surface area contributed by atoms with Crippen LogP contribution >= 0.6 is 0 Å². The van der Waals surface area contributed by atoms with Gasteiger partial charge in [-0.2, -0.15) is 0 Å². The molecule has 0 aliphatic heterocycles. The van der Waals surface area contributed by atoms with Crippen LogP contribution in [0.15, 0.2) is 25.3 Å². The zero-order chi connectivity index (χ0) is 12.7. The van der Waals surface area contributed by atoms with Crippen LogP contribution in [-0.2, 0) is 6.42 Å². The van der Waals surface area contributed by atoms with Gasteiger partial charge in [0, 0.05) is 6.04 Å². The predicted octanol–water partition coefficient (Wildman–Crippen LogP) is 3.06. The average molecular weight is 231 g/mol. The Bertz CT molecular complexity index is 316. The summed E-state index contributed by atoms with van der Waals surface area (Å²) in [5.41, 5.74) is 0.447. The van der Waals surface area contributed by atoms with Gasteiger partial charge in [-0.05, 0) is 38.1 Å². The van der Waals surface area contributed by atoms with Crippen LogP contribution in [0.3, 0.4) is 0 Å². The fraction of sp³-hybridized carbons (Fsp3) is 0.333. The van der Waals surface area contributed by atoms with Crippen LogP contribution in [0.5, 0.6) is 0 Å². The van der Waals surface area contributed by atoms with E-state index in [1.807, 2.05) is 6.92 Å². The van der Waals surface area contributed by atoms with Gasteiger partial charge < -0.3 is 5.32 Å². The first-order valence-electron chi connectivity index (χ1n) is 4.85. The topological polar surface area (TPSA) is 12.0 Å². The minimum absolute atomic E-state index is 0.0965. The van der Waals surface area contributed by atoms with Crippen molar-refractivity contribution in [2.75, 3.05) is 7.05 Å². The highest BCUT2D eigenvalue weighted by molar-refractivity contribution is 5.20. The van der Waals surface area contributed by atoms with Crippen LogP contribution in [0.1, 0.15) is 12.5 Å². The van der Waals surface area contributed by atoms with Gasteiger partial charge in [-0.15, -0.1) is 13.2 Å². The van der Waals surface area contributed by atoms with Gasteiger partial charge in [0.15, 0.2) is 17.5 Å². The third-order valence-electron chi connectivity index (χ3n) is 2.08. The van der Waals surface area contributed by atoms with Crippen molar-refractivity contribution in [1.29, 1.82) is 0 Å². The van der Waals surface area contributed by atoms with Crippen LogP contribution in [0.25, 0.3) is 0 Å². The molecule has 16 heavy (non-hydrogen) atoms. The molecule has 1 rings (SSSR count). The number of likely N-dealkylation sites (N-methyl/N-ethyl adjacent to an activating group) is 1. The summed E-state index contributed by atoms with van der Waals surface area (Å²) in [4.78, 5) is 0. The largest absolute Gasteiger partial charge is 0.317 e. The van der Waals surface area contributed by atoms with Gasteiger partial charge in [0.05, 0.1) is 0 Å². The maximum atomic E-state index is 12.8. The monoisotopic (exact) mass is 231 g/mol. The summed E-state index contributed by atoms with van der Waals surface area (Å²) in [6.45, 7) is 7.87. The summed E-state index contributed by atoms with van der Waals surface area (Å²) in [6, 6.07) is 2.14. The first-order chi connectivity index (χ1) is 7.54. The zero-order valence-electron chi connectivity index (χ0n) is 9.49. The number of halogens is 3. The standard InChI is InChI=1S/C10H12F3N.C2H4/c1-6(14-2)3-7-4-8(11)10(13)9(12)5-7;1-2/h4-6,14H,3H2,1-2H3;1-2H2. The maximum absolute atomic E-state index is 12.8. The molecule has 1 nitrogen and oxygen atoms in total. The predicted molar refractivity (Wildman–Crippen MR) is 59.8 cm³/mol. The molecule has 90 valence electrons. The van der Waals surface area contributed by atoms with E-state index in [1.54, 1.807) is 7.05 Å². The van der Waals surface area contributed by atoms with Gasteiger partial charge in [-0.1, -0.05) is 0 Å². The summed E-state index contributed by atoms with van der Waals surface area (Å²) >= 11 is 0. The second-order valence-corrected chi connectivity index (χ2v) is 3.27. The molecule has 1 aromatic rings. The molecule has 0 fully saturated rings. The highest BCUT2D eigenvalue weighted by Gasteiger charge is 2.11. The van der Waals surface area contributed by atoms with Gasteiger partial charge in [-0.25, -0.2) is 13.2 Å². The van der Waals surface area contributed by atoms with Gasteiger partial charge in [0.2, 0.25) is 0 Å². The Hall–Kier alpha value is -1.29. The molecule has 0 aliphatic carbocycles. The van der Waals surface area contributed by atoms with E-state index in [9.17, 15) is 13.2 Å². The Kier molecular flexibility index (Phi) is 6.49. The van der Waals surface area contributed by atoms with E-state index in [-0.39, 0.29) is 6.04 Å². The smallest absolute Gasteiger partial charge is 0.194 e. The van der Waals surface area contributed by atoms with Crippen molar-refractivity contribution in [1.82, 2.24) is 5.32 Å². The Morgan fingerprint density at radius 3 is 2.00 bits per heavy atom. The van der Waals surface area contributed by atoms with Crippen molar-refractivity contribution in [3.8, 4) is 0 Å². The van der Waals surface area contributed by atoms with Crippen LogP contribution in [0.2, 0.25) is 0 Å². The van der Waals surface area contributed by atoms with E-state index in [4.69, 9.17) is 0 Å². The van der Waals surface area contributed by atoms with Crippen LogP contribution in [0, 0.1) is 17.5 Å². The van der Waals surface area contributed by atoms with E-state index < -0.39 is 17.5 Å². The molecular formula is C12H16F3N. The number of nitrogens with one attached hydrogen (secondary N) is 1. The van der Waals surface area contributed by atoms with E-state index in [1.165, 1.54) is 0 Å². The minimum atomic E-state index is -1.41. The molecule has 1 aromatic carbocycles. The molecule has 0 saturated carbocycles. The molecule has 1 atom stereocenters. The molecule has 0 bridgehead atoms. The maximum Gasteiger partial charge on any atom is 0.194 e. The Balaban J connectivity index is 0.00000106. The fourth-order valence-electron chi connectivity index (χ4n) is 1.18. The van der Waals surface area contributed by atoms with Crippen molar-refractivity contribution in [3.05, 3.63) is 48.3 Å². The van der Waals surface area contributed by atoms with Gasteiger partial charge in [-0.3, -0.25) is 0 Å². The SMILES string of the molecule is C=C.CNC(C)Cc1cc(F)c(F)c(F)c1. The first-order valence-corrected chi connectivity index (χ1v) is 4.85. The Morgan fingerprint density at radius 1 is 1.19 bits per heavy atom. The number of benzene rings is 1. The lowest BCUT2D eigenvalue weighted by atomic mass is 10.1. The second-order valence-electron chi connectivity index (χ2n) is 3.27. The Morgan fingerprint density at radius 2 is 1.62 bits per heavy atom. The molecule has 0 saturated heterocycles.